The van der Waals surface area contributed by atoms with Gasteiger partial charge in [0, 0.05) is 20.1 Å². The number of hydrogen-bond donors (Lipinski definition) is 3. The number of rotatable bonds is 19. The average Bonchev–Trinajstić information content (AvgIpc) is 3.09. The van der Waals surface area contributed by atoms with Gasteiger partial charge in [0.05, 0.1) is 18.6 Å². The van der Waals surface area contributed by atoms with Gasteiger partial charge >= 0.3 is 17.9 Å². The first kappa shape index (κ1) is 42.8. The molecular weight excluding hydrogens is 658 g/mol. The first-order valence-corrected chi connectivity index (χ1v) is 17.3. The number of ether oxygens (including phenoxy) is 3. The van der Waals surface area contributed by atoms with Crippen LogP contribution in [0.15, 0.2) is 60.7 Å². The van der Waals surface area contributed by atoms with Crippen LogP contribution in [0.1, 0.15) is 84.8 Å². The molecule has 0 radical (unpaired) electrons. The number of carbonyl (C=O) groups excluding carboxylic acids is 5. The Morgan fingerprint density at radius 3 is 2.06 bits per heavy atom. The van der Waals surface area contributed by atoms with Crippen LogP contribution in [0.2, 0.25) is 0 Å². The van der Waals surface area contributed by atoms with Crippen LogP contribution in [-0.2, 0) is 56.0 Å². The first-order chi connectivity index (χ1) is 24.0. The lowest BCUT2D eigenvalue weighted by molar-refractivity contribution is -0.232. The highest BCUT2D eigenvalue weighted by Crippen LogP contribution is 2.29. The molecule has 0 fully saturated rings. The van der Waals surface area contributed by atoms with Gasteiger partial charge in [-0.1, -0.05) is 87.4 Å². The van der Waals surface area contributed by atoms with E-state index in [4.69, 9.17) is 24.8 Å². The van der Waals surface area contributed by atoms with Crippen molar-refractivity contribution in [3.63, 3.8) is 0 Å². The summed E-state index contributed by atoms with van der Waals surface area (Å²) in [7, 11) is 1.40. The van der Waals surface area contributed by atoms with E-state index in [9.17, 15) is 29.1 Å². The molecule has 13 heteroatoms. The van der Waals surface area contributed by atoms with Gasteiger partial charge in [-0.05, 0) is 57.6 Å². The number of unbranched alkanes of at least 4 members (excludes halogenated alkanes) is 1. The number of benzene rings is 2. The molecule has 0 aromatic heterocycles. The van der Waals surface area contributed by atoms with Gasteiger partial charge in [0.15, 0.2) is 0 Å². The zero-order chi connectivity index (χ0) is 38.2. The van der Waals surface area contributed by atoms with Crippen molar-refractivity contribution in [2.45, 2.75) is 116 Å². The molecule has 0 bridgehead atoms. The summed E-state index contributed by atoms with van der Waals surface area (Å²) in [6, 6.07) is 14.4. The predicted octanol–water partition coefficient (Wildman–Crippen LogP) is 3.79. The van der Waals surface area contributed by atoms with Crippen LogP contribution in [0.3, 0.4) is 0 Å². The fraction of sp³-hybridized carbons (Fsp3) is 0.553. The van der Waals surface area contributed by atoms with Crippen LogP contribution in [0.4, 0.5) is 0 Å². The number of nitrogens with zero attached hydrogens (tertiary/aromatic N) is 1. The lowest BCUT2D eigenvalue weighted by Gasteiger charge is -2.41. The van der Waals surface area contributed by atoms with Crippen LogP contribution in [0, 0.1) is 5.92 Å². The second-order valence-electron chi connectivity index (χ2n) is 13.7. The molecule has 0 aliphatic carbocycles. The van der Waals surface area contributed by atoms with Gasteiger partial charge in [-0.25, -0.2) is 14.4 Å². The van der Waals surface area contributed by atoms with Crippen LogP contribution in [0.25, 0.3) is 0 Å². The van der Waals surface area contributed by atoms with E-state index < -0.39 is 71.9 Å². The van der Waals surface area contributed by atoms with E-state index in [2.05, 4.69) is 5.32 Å². The number of hydroxylamine groups is 2. The summed E-state index contributed by atoms with van der Waals surface area (Å²) in [6.07, 6.45) is 0.00591. The Morgan fingerprint density at radius 2 is 1.51 bits per heavy atom. The third kappa shape index (κ3) is 13.4. The Bertz CT molecular complexity index is 1420. The molecule has 2 amide bonds. The number of esters is 2. The molecular formula is C38H55N3O10. The second-order valence-corrected chi connectivity index (χ2v) is 13.7. The molecule has 2 aromatic carbocycles. The number of carbonyl (C=O) groups is 5. The third-order valence-corrected chi connectivity index (χ3v) is 8.08. The fourth-order valence-electron chi connectivity index (χ4n) is 5.03. The van der Waals surface area contributed by atoms with Crippen LogP contribution >= 0.6 is 0 Å². The fourth-order valence-corrected chi connectivity index (χ4v) is 5.03. The molecule has 0 aliphatic heterocycles. The summed E-state index contributed by atoms with van der Waals surface area (Å²) in [5.41, 5.74) is 3.42. The van der Waals surface area contributed by atoms with E-state index in [1.54, 1.807) is 82.3 Å². The van der Waals surface area contributed by atoms with E-state index >= 15 is 0 Å². The maximum atomic E-state index is 14.7. The highest BCUT2D eigenvalue weighted by Gasteiger charge is 2.59. The van der Waals surface area contributed by atoms with Gasteiger partial charge in [0.1, 0.15) is 18.2 Å². The smallest absolute Gasteiger partial charge is 0.346 e. The Labute approximate surface area is 301 Å². The minimum Gasteiger partial charge on any atom is -0.459 e. The summed E-state index contributed by atoms with van der Waals surface area (Å²) in [4.78, 5) is 75.8. The molecule has 2 aromatic rings. The molecule has 282 valence electrons. The highest BCUT2D eigenvalue weighted by atomic mass is 16.7. The van der Waals surface area contributed by atoms with E-state index in [1.807, 2.05) is 13.0 Å². The SMILES string of the molecule is CCCC[C@H](C)[C@@H](O)CC(=O)ON(C(=O)[C@@H](N)CCOC)[C@@](Cc1ccccc1)(C(=O)N[C@@H](C)C(=O)OCc1ccccc1)C(=O)OC(C)(C)C. The van der Waals surface area contributed by atoms with Crippen molar-refractivity contribution in [1.29, 1.82) is 0 Å². The molecule has 0 saturated heterocycles. The number of methoxy groups -OCH3 is 1. The monoisotopic (exact) mass is 713 g/mol. The molecule has 0 spiro atoms. The van der Waals surface area contributed by atoms with Gasteiger partial charge in [0.25, 0.3) is 17.4 Å². The Kier molecular flexibility index (Phi) is 17.2. The molecule has 0 heterocycles. The molecule has 4 N–H and O–H groups in total. The molecule has 2 rings (SSSR count). The van der Waals surface area contributed by atoms with Crippen molar-refractivity contribution in [1.82, 2.24) is 10.4 Å². The lowest BCUT2D eigenvalue weighted by atomic mass is 9.87. The number of nitrogens with one attached hydrogen (secondary N) is 1. The molecule has 0 unspecified atom stereocenters. The van der Waals surface area contributed by atoms with Crippen molar-refractivity contribution >= 4 is 29.7 Å². The number of hydrogen-bond acceptors (Lipinski definition) is 11. The van der Waals surface area contributed by atoms with E-state index in [0.29, 0.717) is 22.6 Å². The molecule has 0 aliphatic rings. The molecule has 13 nitrogen and oxygen atoms in total. The normalized spacial score (nSPS) is 14.9. The minimum absolute atomic E-state index is 0.0248. The average molecular weight is 714 g/mol. The largest absolute Gasteiger partial charge is 0.459 e. The van der Waals surface area contributed by atoms with Gasteiger partial charge in [-0.15, -0.1) is 5.06 Å². The topological polar surface area (TPSA) is 184 Å². The standard InChI is InChI=1S/C38H55N3O10/c1-8-9-16-26(2)31(42)23-32(43)51-41(33(44)30(39)21-22-48-7)38(36(47)50-37(4,5)6,24-28-17-12-10-13-18-28)35(46)40-27(3)34(45)49-25-29-19-14-11-15-20-29/h10-15,17-20,26-27,30-31,42H,8-9,16,21-25,39H2,1-7H3,(H,40,46)/t26-,27-,30-,31-,38-/m0/s1. The summed E-state index contributed by atoms with van der Waals surface area (Å²) in [5, 5.41) is 13.7. The van der Waals surface area contributed by atoms with Gasteiger partial charge in [0.2, 0.25) is 0 Å². The Morgan fingerprint density at radius 1 is 0.922 bits per heavy atom. The van der Waals surface area contributed by atoms with Crippen LogP contribution < -0.4 is 11.1 Å². The second kappa shape index (κ2) is 20.5. The van der Waals surface area contributed by atoms with Gasteiger partial charge < -0.3 is 35.2 Å². The highest BCUT2D eigenvalue weighted by molar-refractivity contribution is 6.11. The number of amides is 2. The quantitative estimate of drug-likeness (QED) is 0.109. The van der Waals surface area contributed by atoms with E-state index in [0.717, 1.165) is 12.8 Å². The minimum atomic E-state index is -2.75. The van der Waals surface area contributed by atoms with Crippen LogP contribution in [-0.4, -0.2) is 82.9 Å². The van der Waals surface area contributed by atoms with Crippen LogP contribution in [0.5, 0.6) is 0 Å². The van der Waals surface area contributed by atoms with Gasteiger partial charge in [-0.2, -0.15) is 0 Å². The lowest BCUT2D eigenvalue weighted by Crippen LogP contribution is -2.70. The first-order valence-electron chi connectivity index (χ1n) is 17.3. The van der Waals surface area contributed by atoms with E-state index in [1.165, 1.54) is 14.0 Å². The van der Waals surface area contributed by atoms with Crippen molar-refractivity contribution in [2.24, 2.45) is 11.7 Å². The summed E-state index contributed by atoms with van der Waals surface area (Å²) in [5.74, 6) is -5.77. The molecule has 0 saturated carbocycles. The zero-order valence-electron chi connectivity index (χ0n) is 30.9. The maximum Gasteiger partial charge on any atom is 0.346 e. The van der Waals surface area contributed by atoms with Crippen molar-refractivity contribution < 1.29 is 48.1 Å². The van der Waals surface area contributed by atoms with Crippen molar-refractivity contribution in [3.8, 4) is 0 Å². The Balaban J connectivity index is 2.70. The molecule has 5 atom stereocenters. The van der Waals surface area contributed by atoms with Gasteiger partial charge in [-0.3, -0.25) is 9.59 Å². The molecule has 51 heavy (non-hydrogen) atoms. The number of nitrogens with two attached hydrogens (primary N) is 1. The van der Waals surface area contributed by atoms with Crippen molar-refractivity contribution in [3.05, 3.63) is 71.8 Å². The number of aliphatic hydroxyl groups is 1. The van der Waals surface area contributed by atoms with E-state index in [-0.39, 0.29) is 25.6 Å². The van der Waals surface area contributed by atoms with Crippen molar-refractivity contribution in [2.75, 3.05) is 13.7 Å². The zero-order valence-corrected chi connectivity index (χ0v) is 30.9. The predicted molar refractivity (Wildman–Crippen MR) is 189 cm³/mol. The summed E-state index contributed by atoms with van der Waals surface area (Å²) < 4.78 is 16.3. The third-order valence-electron chi connectivity index (χ3n) is 8.08. The number of aliphatic hydroxyl groups excluding tert-OH is 1. The Hall–Kier alpha value is -4.33. The maximum absolute atomic E-state index is 14.7. The summed E-state index contributed by atoms with van der Waals surface area (Å²) in [6.45, 7) is 9.77. The summed E-state index contributed by atoms with van der Waals surface area (Å²) >= 11 is 0.